The summed E-state index contributed by atoms with van der Waals surface area (Å²) in [5.41, 5.74) is 29.2. The van der Waals surface area contributed by atoms with Crippen LogP contribution in [0.2, 0.25) is 5.02 Å². The van der Waals surface area contributed by atoms with Crippen LogP contribution in [-0.4, -0.2) is 35.8 Å². The molecule has 0 fully saturated rings. The number of benzene rings is 14. The van der Waals surface area contributed by atoms with Gasteiger partial charge in [0.25, 0.3) is 6.71 Å². The van der Waals surface area contributed by atoms with Gasteiger partial charge in [-0.3, -0.25) is 9.13 Å². The van der Waals surface area contributed by atoms with Crippen LogP contribution in [-0.2, 0) is 37.0 Å². The van der Waals surface area contributed by atoms with Gasteiger partial charge in [-0.1, -0.05) is 261 Å². The predicted molar refractivity (Wildman–Crippen MR) is 512 cm³/mol. The highest BCUT2D eigenvalue weighted by molar-refractivity contribution is 7.00. The SMILES string of the molecule is C.CC(C)(C)c1cc(N(Cc2ccccc2)c2ccc(-c3nc4ccccc4o3)cc2)c(Cl)c(N(Cc2ccccc2)c2ccc3c(c2)c2ccccc2n3-c2ccccn2)c1.CC(C)(C)c1cc2c3c(c1)N(Cc1ccccc1)c1cc4c5ccccc5n(-c5ccccn5)c4cc1B3c1cc(-c3nc4ccccc4o3)ccc1N2Cc1ccccc1. The molecule has 12 nitrogen and oxygen atoms in total. The van der Waals surface area contributed by atoms with E-state index in [4.69, 9.17) is 40.4 Å². The fraction of sp³-hybridized carbons (Fsp3) is 0.119. The maximum absolute atomic E-state index is 7.90. The minimum atomic E-state index is -0.193. The molecule has 0 amide bonds. The van der Waals surface area contributed by atoms with Gasteiger partial charge in [0.05, 0.1) is 38.5 Å². The van der Waals surface area contributed by atoms with Crippen LogP contribution in [0.1, 0.15) is 82.3 Å². The number of aromatic nitrogens is 6. The van der Waals surface area contributed by atoms with E-state index in [0.29, 0.717) is 29.9 Å². The van der Waals surface area contributed by atoms with Crippen molar-refractivity contribution in [3.8, 4) is 34.5 Å². The third-order valence-electron chi connectivity index (χ3n) is 24.1. The summed E-state index contributed by atoms with van der Waals surface area (Å²) >= 11 is 7.90. The number of para-hydroxylation sites is 6. The first-order valence-electron chi connectivity index (χ1n) is 41.8. The highest BCUT2D eigenvalue weighted by Gasteiger charge is 2.45. The molecule has 0 spiro atoms. The van der Waals surface area contributed by atoms with Crippen LogP contribution < -0.4 is 36.0 Å². The maximum Gasteiger partial charge on any atom is 0.252 e. The molecule has 22 rings (SSSR count). The normalized spacial score (nSPS) is 12.4. The molecule has 598 valence electrons. The summed E-state index contributed by atoms with van der Waals surface area (Å²) in [6, 6.07) is 125. The Morgan fingerprint density at radius 3 is 1.29 bits per heavy atom. The summed E-state index contributed by atoms with van der Waals surface area (Å²) in [6.07, 6.45) is 3.73. The van der Waals surface area contributed by atoms with Gasteiger partial charge in [0.15, 0.2) is 11.2 Å². The van der Waals surface area contributed by atoms with Gasteiger partial charge in [0.1, 0.15) is 22.7 Å². The molecule has 0 N–H and O–H groups in total. The van der Waals surface area contributed by atoms with E-state index in [-0.39, 0.29) is 25.0 Å². The van der Waals surface area contributed by atoms with Gasteiger partial charge in [-0.05, 0) is 212 Å². The minimum Gasteiger partial charge on any atom is -0.436 e. The van der Waals surface area contributed by atoms with Gasteiger partial charge in [-0.25, -0.2) is 19.9 Å². The summed E-state index contributed by atoms with van der Waals surface area (Å²) in [6.45, 7) is 16.4. The van der Waals surface area contributed by atoms with Gasteiger partial charge in [-0.2, -0.15) is 0 Å². The van der Waals surface area contributed by atoms with Gasteiger partial charge in [0, 0.05) is 105 Å². The Labute approximate surface area is 721 Å². The molecular formula is C109H90BClN10O2. The molecule has 14 heteroatoms. The first-order chi connectivity index (χ1) is 59.6. The lowest BCUT2D eigenvalue weighted by molar-refractivity contribution is 0.590. The van der Waals surface area contributed by atoms with Crippen molar-refractivity contribution in [2.45, 2.75) is 86.0 Å². The summed E-state index contributed by atoms with van der Waals surface area (Å²) in [5.74, 6) is 3.00. The van der Waals surface area contributed by atoms with E-state index in [1.165, 1.54) is 83.3 Å². The number of halogens is 1. The second-order valence-corrected chi connectivity index (χ2v) is 34.4. The van der Waals surface area contributed by atoms with Crippen LogP contribution in [0.5, 0.6) is 0 Å². The van der Waals surface area contributed by atoms with Gasteiger partial charge in [0.2, 0.25) is 11.8 Å². The van der Waals surface area contributed by atoms with Crippen molar-refractivity contribution in [2.24, 2.45) is 0 Å². The van der Waals surface area contributed by atoms with Gasteiger partial charge >= 0.3 is 0 Å². The molecule has 2 aliphatic heterocycles. The van der Waals surface area contributed by atoms with Crippen LogP contribution in [0, 0.1) is 0 Å². The van der Waals surface area contributed by atoms with E-state index >= 15 is 0 Å². The molecule has 14 aromatic carbocycles. The van der Waals surface area contributed by atoms with Crippen molar-refractivity contribution >= 4 is 146 Å². The summed E-state index contributed by atoms with van der Waals surface area (Å²) in [4.78, 5) is 29.3. The van der Waals surface area contributed by atoms with E-state index < -0.39 is 0 Å². The monoisotopic (exact) mass is 1620 g/mol. The third-order valence-corrected chi connectivity index (χ3v) is 24.5. The predicted octanol–water partition coefficient (Wildman–Crippen LogP) is 26.4. The van der Waals surface area contributed by atoms with Crippen LogP contribution in [0.15, 0.2) is 373 Å². The number of nitrogens with zero attached hydrogens (tertiary/aromatic N) is 10. The zero-order chi connectivity index (χ0) is 82.3. The van der Waals surface area contributed by atoms with E-state index in [0.717, 1.165) is 114 Å². The highest BCUT2D eigenvalue weighted by Crippen LogP contribution is 2.49. The molecule has 0 saturated heterocycles. The fourth-order valence-electron chi connectivity index (χ4n) is 18.0. The topological polar surface area (TPSA) is 101 Å². The van der Waals surface area contributed by atoms with Crippen molar-refractivity contribution in [1.29, 1.82) is 0 Å². The molecule has 6 aromatic heterocycles. The molecule has 20 aromatic rings. The van der Waals surface area contributed by atoms with Crippen molar-refractivity contribution in [2.75, 3.05) is 19.6 Å². The molecule has 8 heterocycles. The Kier molecular flexibility index (Phi) is 19.8. The first-order valence-corrected chi connectivity index (χ1v) is 42.2. The summed E-state index contributed by atoms with van der Waals surface area (Å²) < 4.78 is 17.2. The number of oxazole rings is 2. The molecule has 0 saturated carbocycles. The Morgan fingerprint density at radius 2 is 0.772 bits per heavy atom. The first kappa shape index (κ1) is 77.1. The van der Waals surface area contributed by atoms with E-state index in [1.54, 1.807) is 0 Å². The maximum atomic E-state index is 7.90. The molecule has 0 aliphatic carbocycles. The number of hydrogen-bond acceptors (Lipinski definition) is 10. The zero-order valence-corrected chi connectivity index (χ0v) is 69.5. The van der Waals surface area contributed by atoms with Crippen LogP contribution in [0.25, 0.3) is 100 Å². The lowest BCUT2D eigenvalue weighted by Crippen LogP contribution is -2.62. The highest BCUT2D eigenvalue weighted by atomic mass is 35.5. The molecule has 0 bridgehead atoms. The number of anilines is 8. The molecule has 123 heavy (non-hydrogen) atoms. The quantitative estimate of drug-likeness (QED) is 0.0870. The van der Waals surface area contributed by atoms with Crippen LogP contribution >= 0.6 is 11.6 Å². The van der Waals surface area contributed by atoms with E-state index in [1.807, 2.05) is 79.1 Å². The van der Waals surface area contributed by atoms with Crippen molar-refractivity contribution in [1.82, 2.24) is 29.1 Å². The Hall–Kier alpha value is -14.5. The summed E-state index contributed by atoms with van der Waals surface area (Å²) in [7, 11) is 0. The third kappa shape index (κ3) is 14.3. The van der Waals surface area contributed by atoms with Gasteiger partial charge in [-0.15, -0.1) is 0 Å². The lowest BCUT2D eigenvalue weighted by Gasteiger charge is -2.45. The molecule has 0 radical (unpaired) electrons. The fourth-order valence-corrected chi connectivity index (χ4v) is 18.3. The van der Waals surface area contributed by atoms with E-state index in [9.17, 15) is 0 Å². The summed E-state index contributed by atoms with van der Waals surface area (Å²) in [5, 5.41) is 5.38. The molecule has 2 aliphatic rings. The number of rotatable bonds is 16. The molecule has 0 atom stereocenters. The van der Waals surface area contributed by atoms with Crippen molar-refractivity contribution in [3.63, 3.8) is 0 Å². The standard InChI is InChI=1S/C54H42BN5O.C54H44ClN5O.CH4/c1-54(2,3)38-29-48-52-49(30-38)59(34-36-18-8-5-9-19-36)47-31-40-39-20-10-12-22-44(39)60(51-24-14-15-27-56-51)46(40)32-42(47)55(52)41-28-37(53-57-43-21-11-13-23-50(43)61-53)25-26-45(41)58(48)33-35-16-6-4-7-17-35;1-54(2,3)40-32-48(58(35-37-16-6-4-7-17-37)41-27-25-39(26-28-41)53-57-45-21-11-13-23-50(45)61-53)52(55)49(33-40)59(36-38-18-8-5-9-19-38)42-29-30-47-44(34-42)43-20-10-12-22-46(43)60(47)51-24-14-15-31-56-51;/h4-32H,33-34H2,1-3H3;4-34H,35-36H2,1-3H3;1H4. The average Bonchev–Trinajstić information content (AvgIpc) is 1.69. The lowest BCUT2D eigenvalue weighted by atomic mass is 9.33. The largest absolute Gasteiger partial charge is 0.436 e. The zero-order valence-electron chi connectivity index (χ0n) is 68.7. The number of hydrogen-bond donors (Lipinski definition) is 0. The second kappa shape index (κ2) is 31.6. The van der Waals surface area contributed by atoms with E-state index in [2.05, 4.69) is 355 Å². The van der Waals surface area contributed by atoms with Crippen LogP contribution in [0.4, 0.5) is 45.5 Å². The second-order valence-electron chi connectivity index (χ2n) is 34.0. The Morgan fingerprint density at radius 1 is 0.350 bits per heavy atom. The van der Waals surface area contributed by atoms with Crippen LogP contribution in [0.3, 0.4) is 0 Å². The molecule has 0 unspecified atom stereocenters. The van der Waals surface area contributed by atoms with Crippen molar-refractivity contribution < 1.29 is 8.83 Å². The number of pyridine rings is 2. The number of fused-ring (bicyclic) bond motifs is 12. The van der Waals surface area contributed by atoms with Crippen molar-refractivity contribution in [3.05, 3.63) is 403 Å². The smallest absolute Gasteiger partial charge is 0.252 e. The average molecular weight is 1620 g/mol. The minimum absolute atomic E-state index is 0. The Balaban J connectivity index is 0.000000155. The van der Waals surface area contributed by atoms with Gasteiger partial charge < -0.3 is 28.4 Å². The Bertz CT molecular complexity index is 7250. The molecular weight excluding hydrogens is 1530 g/mol.